The molecule has 3 aromatic rings. The van der Waals surface area contributed by atoms with Crippen LogP contribution in [0.1, 0.15) is 23.1 Å². The zero-order valence-corrected chi connectivity index (χ0v) is 18.8. The van der Waals surface area contributed by atoms with Crippen molar-refractivity contribution in [1.82, 2.24) is 20.5 Å². The fraction of sp³-hybridized carbons (Fsp3) is 0.259. The Morgan fingerprint density at radius 3 is 2.65 bits per heavy atom. The third-order valence-electron chi connectivity index (χ3n) is 5.92. The number of rotatable bonds is 9. The average Bonchev–Trinajstić information content (AvgIpc) is 3.28. The number of amides is 1. The predicted molar refractivity (Wildman–Crippen MR) is 129 cm³/mol. The van der Waals surface area contributed by atoms with E-state index in [4.69, 9.17) is 0 Å². The van der Waals surface area contributed by atoms with Gasteiger partial charge in [0.15, 0.2) is 11.6 Å². The molecule has 2 heterocycles. The van der Waals surface area contributed by atoms with Gasteiger partial charge in [0.1, 0.15) is 0 Å². The van der Waals surface area contributed by atoms with E-state index in [-0.39, 0.29) is 18.0 Å². The van der Waals surface area contributed by atoms with Crippen LogP contribution in [0.25, 0.3) is 6.08 Å². The maximum Gasteiger partial charge on any atom is 0.237 e. The zero-order valence-electron chi connectivity index (χ0n) is 18.8. The maximum absolute atomic E-state index is 13.5. The fourth-order valence-corrected chi connectivity index (χ4v) is 4.14. The smallest absolute Gasteiger partial charge is 0.237 e. The lowest BCUT2D eigenvalue weighted by Gasteiger charge is -2.22. The van der Waals surface area contributed by atoms with Crippen molar-refractivity contribution in [2.45, 2.75) is 31.6 Å². The lowest BCUT2D eigenvalue weighted by molar-refractivity contribution is -0.125. The number of hydrogen-bond acceptors (Lipinski definition) is 4. The lowest BCUT2D eigenvalue weighted by Crippen LogP contribution is -2.43. The van der Waals surface area contributed by atoms with Gasteiger partial charge in [-0.3, -0.25) is 14.7 Å². The van der Waals surface area contributed by atoms with E-state index < -0.39 is 11.6 Å². The first-order valence-electron chi connectivity index (χ1n) is 11.4. The van der Waals surface area contributed by atoms with Crippen LogP contribution >= 0.6 is 0 Å². The average molecular weight is 463 g/mol. The van der Waals surface area contributed by atoms with Crippen molar-refractivity contribution in [3.05, 3.63) is 107 Å². The summed E-state index contributed by atoms with van der Waals surface area (Å²) < 4.78 is 26.7. The molecular formula is C27H28F2N4O. The molecule has 0 bridgehead atoms. The Morgan fingerprint density at radius 2 is 1.88 bits per heavy atom. The van der Waals surface area contributed by atoms with Crippen LogP contribution in [-0.4, -0.2) is 41.0 Å². The van der Waals surface area contributed by atoms with Gasteiger partial charge in [-0.1, -0.05) is 54.6 Å². The normalized spacial score (nSPS) is 18.4. The standard InChI is InChI=1S/C27H28F2N4O/c28-24-11-10-21(14-25(24)29)17-31-23-15-26(27(34)32-18-22-8-4-12-30-16-22)33(19-23)13-5-9-20-6-2-1-3-7-20/h1-12,14,16,23,26,31H,13,15,17-19H2,(H,32,34)/t23-,26-/m0/s1. The molecule has 1 fully saturated rings. The SMILES string of the molecule is O=C(NCc1cccnc1)[C@@H]1C[C@H](NCc2ccc(F)c(F)c2)CN1CC=Cc1ccccc1. The van der Waals surface area contributed by atoms with Crippen LogP contribution in [-0.2, 0) is 17.9 Å². The predicted octanol–water partition coefficient (Wildman–Crippen LogP) is 3.92. The van der Waals surface area contributed by atoms with Crippen LogP contribution in [0.5, 0.6) is 0 Å². The molecule has 0 unspecified atom stereocenters. The molecule has 2 N–H and O–H groups in total. The number of carbonyl (C=O) groups excluding carboxylic acids is 1. The first kappa shape index (κ1) is 23.7. The molecule has 7 heteroatoms. The second kappa shape index (κ2) is 11.6. The highest BCUT2D eigenvalue weighted by Gasteiger charge is 2.35. The summed E-state index contributed by atoms with van der Waals surface area (Å²) in [5, 5.41) is 6.42. The lowest BCUT2D eigenvalue weighted by atomic mass is 10.1. The molecule has 1 aliphatic heterocycles. The second-order valence-corrected chi connectivity index (χ2v) is 8.42. The number of benzene rings is 2. The number of aromatic nitrogens is 1. The largest absolute Gasteiger partial charge is 0.351 e. The summed E-state index contributed by atoms with van der Waals surface area (Å²) in [5.41, 5.74) is 2.71. The van der Waals surface area contributed by atoms with Crippen molar-refractivity contribution < 1.29 is 13.6 Å². The molecule has 4 rings (SSSR count). The summed E-state index contributed by atoms with van der Waals surface area (Å²) in [5.74, 6) is -1.74. The Balaban J connectivity index is 1.39. The molecule has 34 heavy (non-hydrogen) atoms. The summed E-state index contributed by atoms with van der Waals surface area (Å²) in [6.45, 7) is 2.13. The van der Waals surface area contributed by atoms with E-state index in [1.165, 1.54) is 6.07 Å². The molecular weight excluding hydrogens is 434 g/mol. The topological polar surface area (TPSA) is 57.3 Å². The Morgan fingerprint density at radius 1 is 1.03 bits per heavy atom. The highest BCUT2D eigenvalue weighted by molar-refractivity contribution is 5.82. The van der Waals surface area contributed by atoms with Crippen molar-refractivity contribution >= 4 is 12.0 Å². The summed E-state index contributed by atoms with van der Waals surface area (Å²) in [6.07, 6.45) is 8.18. The molecule has 0 saturated carbocycles. The Hall–Kier alpha value is -3.42. The van der Waals surface area contributed by atoms with E-state index in [1.54, 1.807) is 18.5 Å². The number of hydrogen-bond donors (Lipinski definition) is 2. The number of nitrogens with zero attached hydrogens (tertiary/aromatic N) is 2. The quantitative estimate of drug-likeness (QED) is 0.506. The molecule has 1 aliphatic rings. The van der Waals surface area contributed by atoms with E-state index in [0.717, 1.165) is 17.2 Å². The van der Waals surface area contributed by atoms with Gasteiger partial charge in [0, 0.05) is 44.6 Å². The van der Waals surface area contributed by atoms with Gasteiger partial charge in [0.2, 0.25) is 5.91 Å². The highest BCUT2D eigenvalue weighted by atomic mass is 19.2. The van der Waals surface area contributed by atoms with Gasteiger partial charge in [-0.15, -0.1) is 0 Å². The molecule has 1 amide bonds. The van der Waals surface area contributed by atoms with Crippen molar-refractivity contribution in [1.29, 1.82) is 0 Å². The number of pyridine rings is 1. The van der Waals surface area contributed by atoms with Crippen molar-refractivity contribution in [3.63, 3.8) is 0 Å². The fourth-order valence-electron chi connectivity index (χ4n) is 4.14. The molecule has 1 saturated heterocycles. The van der Waals surface area contributed by atoms with Gasteiger partial charge in [-0.25, -0.2) is 8.78 Å². The molecule has 1 aromatic heterocycles. The summed E-state index contributed by atoms with van der Waals surface area (Å²) in [4.78, 5) is 19.3. The van der Waals surface area contributed by atoms with Crippen LogP contribution in [0, 0.1) is 11.6 Å². The monoisotopic (exact) mass is 462 g/mol. The van der Waals surface area contributed by atoms with E-state index >= 15 is 0 Å². The number of halogens is 2. The minimum atomic E-state index is -0.856. The van der Waals surface area contributed by atoms with Gasteiger partial charge in [-0.2, -0.15) is 0 Å². The molecule has 2 aromatic carbocycles. The van der Waals surface area contributed by atoms with Crippen LogP contribution < -0.4 is 10.6 Å². The van der Waals surface area contributed by atoms with Gasteiger partial charge < -0.3 is 10.6 Å². The first-order chi connectivity index (χ1) is 16.6. The van der Waals surface area contributed by atoms with Crippen LogP contribution in [0.2, 0.25) is 0 Å². The van der Waals surface area contributed by atoms with Crippen molar-refractivity contribution in [2.24, 2.45) is 0 Å². The minimum Gasteiger partial charge on any atom is -0.351 e. The van der Waals surface area contributed by atoms with E-state index in [9.17, 15) is 13.6 Å². The highest BCUT2D eigenvalue weighted by Crippen LogP contribution is 2.20. The van der Waals surface area contributed by atoms with E-state index in [0.29, 0.717) is 38.2 Å². The van der Waals surface area contributed by atoms with Crippen LogP contribution in [0.3, 0.4) is 0 Å². The Labute approximate surface area is 198 Å². The summed E-state index contributed by atoms with van der Waals surface area (Å²) >= 11 is 0. The van der Waals surface area contributed by atoms with Crippen molar-refractivity contribution in [3.8, 4) is 0 Å². The van der Waals surface area contributed by atoms with Gasteiger partial charge in [-0.05, 0) is 41.3 Å². The molecule has 2 atom stereocenters. The molecule has 0 radical (unpaired) electrons. The van der Waals surface area contributed by atoms with Crippen molar-refractivity contribution in [2.75, 3.05) is 13.1 Å². The molecule has 176 valence electrons. The van der Waals surface area contributed by atoms with Gasteiger partial charge in [0.05, 0.1) is 6.04 Å². The maximum atomic E-state index is 13.5. The third-order valence-corrected chi connectivity index (χ3v) is 5.92. The summed E-state index contributed by atoms with van der Waals surface area (Å²) in [7, 11) is 0. The van der Waals surface area contributed by atoms with Crippen LogP contribution in [0.15, 0.2) is 79.1 Å². The van der Waals surface area contributed by atoms with Gasteiger partial charge >= 0.3 is 0 Å². The minimum absolute atomic E-state index is 0.0332. The Kier molecular flexibility index (Phi) is 8.12. The first-order valence-corrected chi connectivity index (χ1v) is 11.4. The van der Waals surface area contributed by atoms with E-state index in [1.807, 2.05) is 48.5 Å². The molecule has 0 spiro atoms. The number of likely N-dealkylation sites (tertiary alicyclic amines) is 1. The molecule has 0 aliphatic carbocycles. The number of nitrogens with one attached hydrogen (secondary N) is 2. The zero-order chi connectivity index (χ0) is 23.8. The Bertz CT molecular complexity index is 1110. The summed E-state index contributed by atoms with van der Waals surface area (Å²) in [6, 6.07) is 17.5. The second-order valence-electron chi connectivity index (χ2n) is 8.42. The third kappa shape index (κ3) is 6.56. The van der Waals surface area contributed by atoms with Gasteiger partial charge in [0.25, 0.3) is 0 Å². The number of carbonyl (C=O) groups is 1. The molecule has 5 nitrogen and oxygen atoms in total. The van der Waals surface area contributed by atoms with E-state index in [2.05, 4.69) is 26.6 Å². The van der Waals surface area contributed by atoms with Crippen LogP contribution in [0.4, 0.5) is 8.78 Å².